The van der Waals surface area contributed by atoms with Crippen LogP contribution in [0.4, 0.5) is 0 Å². The zero-order valence-corrected chi connectivity index (χ0v) is 13.2. The van der Waals surface area contributed by atoms with Gasteiger partial charge in [-0.1, -0.05) is 36.4 Å². The number of nitrogens with zero attached hydrogens (tertiary/aromatic N) is 2. The average molecular weight is 337 g/mol. The van der Waals surface area contributed by atoms with E-state index in [4.69, 9.17) is 9.47 Å². The van der Waals surface area contributed by atoms with Crippen molar-refractivity contribution in [1.29, 1.82) is 0 Å². The number of esters is 2. The van der Waals surface area contributed by atoms with Crippen molar-refractivity contribution >= 4 is 11.9 Å². The van der Waals surface area contributed by atoms with Gasteiger partial charge in [-0.05, 0) is 24.3 Å². The van der Waals surface area contributed by atoms with E-state index in [2.05, 4.69) is 15.2 Å². The summed E-state index contributed by atoms with van der Waals surface area (Å²) in [6.07, 6.45) is 0. The van der Waals surface area contributed by atoms with Crippen LogP contribution in [0.5, 0.6) is 0 Å². The van der Waals surface area contributed by atoms with Crippen molar-refractivity contribution in [2.75, 3.05) is 0 Å². The van der Waals surface area contributed by atoms with E-state index in [-0.39, 0.29) is 13.2 Å². The van der Waals surface area contributed by atoms with Crippen LogP contribution in [0.3, 0.4) is 0 Å². The molecule has 0 aliphatic rings. The lowest BCUT2D eigenvalue weighted by Gasteiger charge is -2.02. The molecule has 0 saturated carbocycles. The van der Waals surface area contributed by atoms with Crippen LogP contribution < -0.4 is 0 Å². The van der Waals surface area contributed by atoms with E-state index in [0.717, 1.165) is 0 Å². The maximum Gasteiger partial charge on any atom is 0.338 e. The van der Waals surface area contributed by atoms with Crippen LogP contribution in [0, 0.1) is 0 Å². The molecule has 126 valence electrons. The van der Waals surface area contributed by atoms with E-state index in [1.54, 1.807) is 48.5 Å². The monoisotopic (exact) mass is 337 g/mol. The van der Waals surface area contributed by atoms with Gasteiger partial charge in [0.25, 0.3) is 0 Å². The van der Waals surface area contributed by atoms with Crippen molar-refractivity contribution in [3.63, 3.8) is 0 Å². The molecular weight excluding hydrogens is 322 g/mol. The highest BCUT2D eigenvalue weighted by molar-refractivity contribution is 5.89. The summed E-state index contributed by atoms with van der Waals surface area (Å²) in [5.74, 6) is -0.235. The van der Waals surface area contributed by atoms with Crippen molar-refractivity contribution in [2.45, 2.75) is 13.2 Å². The highest BCUT2D eigenvalue weighted by atomic mass is 16.5. The molecule has 0 amide bonds. The molecule has 0 radical (unpaired) electrons. The van der Waals surface area contributed by atoms with Crippen molar-refractivity contribution in [3.05, 3.63) is 83.4 Å². The minimum absolute atomic E-state index is 0.0483. The van der Waals surface area contributed by atoms with Crippen LogP contribution in [0.2, 0.25) is 0 Å². The zero-order chi connectivity index (χ0) is 17.5. The highest BCUT2D eigenvalue weighted by Crippen LogP contribution is 2.06. The first-order chi connectivity index (χ1) is 12.2. The predicted octanol–water partition coefficient (Wildman–Crippen LogP) is 2.52. The van der Waals surface area contributed by atoms with E-state index >= 15 is 0 Å². The van der Waals surface area contributed by atoms with E-state index in [1.165, 1.54) is 0 Å². The van der Waals surface area contributed by atoms with E-state index in [9.17, 15) is 9.59 Å². The van der Waals surface area contributed by atoms with Gasteiger partial charge >= 0.3 is 11.9 Å². The van der Waals surface area contributed by atoms with Crippen molar-refractivity contribution in [1.82, 2.24) is 15.2 Å². The standard InChI is InChI=1S/C18H15N3O4/c22-17(13-7-3-1-4-8-13)24-11-15-19-16(21-20-15)12-25-18(23)14-9-5-2-6-10-14/h1-10H,11-12H2,(H,19,20,21). The van der Waals surface area contributed by atoms with E-state index in [0.29, 0.717) is 22.8 Å². The average Bonchev–Trinajstić information content (AvgIpc) is 3.13. The summed E-state index contributed by atoms with van der Waals surface area (Å²) in [6.45, 7) is -0.121. The highest BCUT2D eigenvalue weighted by Gasteiger charge is 2.11. The van der Waals surface area contributed by atoms with E-state index < -0.39 is 11.9 Å². The van der Waals surface area contributed by atoms with Gasteiger partial charge in [0.15, 0.2) is 24.9 Å². The molecule has 0 aliphatic heterocycles. The lowest BCUT2D eigenvalue weighted by Crippen LogP contribution is -2.07. The summed E-state index contributed by atoms with van der Waals surface area (Å²) in [5, 5.41) is 6.57. The molecule has 3 rings (SSSR count). The molecular formula is C18H15N3O4. The first kappa shape index (κ1) is 16.4. The molecule has 0 fully saturated rings. The van der Waals surface area contributed by atoms with Crippen LogP contribution in [-0.2, 0) is 22.7 Å². The fourth-order valence-corrected chi connectivity index (χ4v) is 2.04. The number of carbonyl (C=O) groups excluding carboxylic acids is 2. The number of nitrogens with one attached hydrogen (secondary N) is 1. The molecule has 0 aliphatic carbocycles. The third-order valence-corrected chi connectivity index (χ3v) is 3.27. The first-order valence-corrected chi connectivity index (χ1v) is 7.57. The van der Waals surface area contributed by atoms with Gasteiger partial charge in [-0.2, -0.15) is 5.10 Å². The molecule has 0 spiro atoms. The Kier molecular flexibility index (Phi) is 5.16. The number of ether oxygens (including phenoxy) is 2. The van der Waals surface area contributed by atoms with Gasteiger partial charge in [0.05, 0.1) is 11.1 Å². The largest absolute Gasteiger partial charge is 0.454 e. The number of aromatic nitrogens is 3. The maximum atomic E-state index is 11.8. The summed E-state index contributed by atoms with van der Waals surface area (Å²) in [5.41, 5.74) is 0.911. The Morgan fingerprint density at radius 1 is 0.800 bits per heavy atom. The number of rotatable bonds is 6. The number of hydrogen-bond acceptors (Lipinski definition) is 6. The molecule has 1 aromatic heterocycles. The second kappa shape index (κ2) is 7.87. The van der Waals surface area contributed by atoms with Crippen molar-refractivity contribution in [3.8, 4) is 0 Å². The normalized spacial score (nSPS) is 10.2. The lowest BCUT2D eigenvalue weighted by molar-refractivity contribution is 0.0461. The van der Waals surface area contributed by atoms with Crippen LogP contribution in [0.25, 0.3) is 0 Å². The molecule has 7 heteroatoms. The summed E-state index contributed by atoms with van der Waals surface area (Å²) < 4.78 is 10.3. The lowest BCUT2D eigenvalue weighted by atomic mass is 10.2. The van der Waals surface area contributed by atoms with Gasteiger partial charge < -0.3 is 9.47 Å². The van der Waals surface area contributed by atoms with Gasteiger partial charge in [-0.15, -0.1) is 0 Å². The van der Waals surface area contributed by atoms with Crippen LogP contribution >= 0.6 is 0 Å². The molecule has 0 saturated heterocycles. The summed E-state index contributed by atoms with van der Waals surface area (Å²) in [4.78, 5) is 27.8. The Labute approximate surface area is 143 Å². The quantitative estimate of drug-likeness (QED) is 0.695. The predicted molar refractivity (Wildman–Crippen MR) is 87.5 cm³/mol. The molecule has 0 bridgehead atoms. The first-order valence-electron chi connectivity index (χ1n) is 7.57. The number of benzene rings is 2. The van der Waals surface area contributed by atoms with Gasteiger partial charge in [0.1, 0.15) is 0 Å². The summed E-state index contributed by atoms with van der Waals surface area (Å²) in [7, 11) is 0. The third-order valence-electron chi connectivity index (χ3n) is 3.27. The van der Waals surface area contributed by atoms with Crippen molar-refractivity contribution < 1.29 is 19.1 Å². The zero-order valence-electron chi connectivity index (χ0n) is 13.2. The van der Waals surface area contributed by atoms with Crippen LogP contribution in [-0.4, -0.2) is 27.1 Å². The molecule has 0 atom stereocenters. The summed E-state index contributed by atoms with van der Waals surface area (Å²) >= 11 is 0. The Morgan fingerprint density at radius 3 is 1.88 bits per heavy atom. The minimum atomic E-state index is -0.456. The molecule has 1 heterocycles. The Morgan fingerprint density at radius 2 is 1.32 bits per heavy atom. The second-order valence-electron chi connectivity index (χ2n) is 5.08. The molecule has 0 unspecified atom stereocenters. The fraction of sp³-hybridized carbons (Fsp3) is 0.111. The maximum absolute atomic E-state index is 11.8. The topological polar surface area (TPSA) is 94.2 Å². The smallest absolute Gasteiger partial charge is 0.338 e. The Hall–Kier alpha value is -3.48. The van der Waals surface area contributed by atoms with Gasteiger partial charge in [-0.3, -0.25) is 5.10 Å². The van der Waals surface area contributed by atoms with Gasteiger partial charge in [0, 0.05) is 0 Å². The second-order valence-corrected chi connectivity index (χ2v) is 5.08. The van der Waals surface area contributed by atoms with Crippen LogP contribution in [0.1, 0.15) is 32.4 Å². The molecule has 1 N–H and O–H groups in total. The number of H-pyrrole nitrogens is 1. The Bertz CT molecular complexity index is 777. The number of carbonyl (C=O) groups is 2. The van der Waals surface area contributed by atoms with Crippen molar-refractivity contribution in [2.24, 2.45) is 0 Å². The molecule has 3 aromatic rings. The molecule has 2 aromatic carbocycles. The van der Waals surface area contributed by atoms with E-state index in [1.807, 2.05) is 12.1 Å². The van der Waals surface area contributed by atoms with Crippen LogP contribution in [0.15, 0.2) is 60.7 Å². The number of hydrogen-bond donors (Lipinski definition) is 1. The Balaban J connectivity index is 1.49. The minimum Gasteiger partial charge on any atom is -0.454 e. The van der Waals surface area contributed by atoms with Gasteiger partial charge in [-0.25, -0.2) is 14.6 Å². The SMILES string of the molecule is O=C(OCc1n[nH]c(COC(=O)c2ccccc2)n1)c1ccccc1. The number of aromatic amines is 1. The fourth-order valence-electron chi connectivity index (χ4n) is 2.04. The summed E-state index contributed by atoms with van der Waals surface area (Å²) in [6, 6.07) is 17.3. The molecule has 25 heavy (non-hydrogen) atoms. The third kappa shape index (κ3) is 4.51. The van der Waals surface area contributed by atoms with Gasteiger partial charge in [0.2, 0.25) is 0 Å². The molecule has 7 nitrogen and oxygen atoms in total.